The zero-order chi connectivity index (χ0) is 24.2. The Bertz CT molecular complexity index is 1320. The summed E-state index contributed by atoms with van der Waals surface area (Å²) in [7, 11) is 2.00. The van der Waals surface area contributed by atoms with Crippen molar-refractivity contribution < 1.29 is 14.4 Å². The van der Waals surface area contributed by atoms with Gasteiger partial charge in [-0.3, -0.25) is 14.4 Å². The standard InChI is InChI=1S/C23H28N8O3/c1-5-30-10-17(26-19(30)22(34)28-23(3)11-29(4)12-23)27-20(32)15-7-6-14-8-16-21(33)24-9-13(2)31(16)18(14)25-15/h6-8,10,13H,5,9,11-12H2,1-4H3,(H,24,33)(H,27,32)(H,28,34)/t13-/m1/s1. The van der Waals surface area contributed by atoms with Crippen LogP contribution < -0.4 is 16.0 Å². The summed E-state index contributed by atoms with van der Waals surface area (Å²) in [6.45, 7) is 8.47. The van der Waals surface area contributed by atoms with Gasteiger partial charge in [-0.2, -0.15) is 0 Å². The molecule has 0 unspecified atom stereocenters. The van der Waals surface area contributed by atoms with Gasteiger partial charge in [-0.25, -0.2) is 9.97 Å². The average molecular weight is 465 g/mol. The molecule has 11 nitrogen and oxygen atoms in total. The number of carbonyl (C=O) groups is 3. The van der Waals surface area contributed by atoms with Crippen LogP contribution in [0.5, 0.6) is 0 Å². The Morgan fingerprint density at radius 3 is 2.71 bits per heavy atom. The Labute approximate surface area is 196 Å². The Hall–Kier alpha value is -3.73. The highest BCUT2D eigenvalue weighted by atomic mass is 16.2. The molecule has 3 N–H and O–H groups in total. The second-order valence-corrected chi connectivity index (χ2v) is 9.44. The number of imidazole rings is 1. The van der Waals surface area contributed by atoms with Crippen LogP contribution in [-0.2, 0) is 6.54 Å². The number of rotatable bonds is 5. The van der Waals surface area contributed by atoms with Crippen molar-refractivity contribution in [2.75, 3.05) is 32.0 Å². The van der Waals surface area contributed by atoms with Crippen LogP contribution in [0.4, 0.5) is 5.82 Å². The first-order valence-corrected chi connectivity index (χ1v) is 11.4. The number of anilines is 1. The molecule has 178 valence electrons. The maximum atomic E-state index is 13.0. The van der Waals surface area contributed by atoms with Gasteiger partial charge in [0, 0.05) is 37.8 Å². The lowest BCUT2D eigenvalue weighted by atomic mass is 9.93. The van der Waals surface area contributed by atoms with Crippen LogP contribution in [0.3, 0.4) is 0 Å². The molecule has 0 radical (unpaired) electrons. The number of aryl methyl sites for hydroxylation is 1. The second-order valence-electron chi connectivity index (χ2n) is 9.44. The highest BCUT2D eigenvalue weighted by Gasteiger charge is 2.38. The lowest BCUT2D eigenvalue weighted by Crippen LogP contribution is -2.67. The maximum absolute atomic E-state index is 13.0. The fourth-order valence-electron chi connectivity index (χ4n) is 4.90. The normalized spacial score (nSPS) is 19.3. The Balaban J connectivity index is 1.38. The zero-order valence-corrected chi connectivity index (χ0v) is 19.7. The van der Waals surface area contributed by atoms with Gasteiger partial charge in [-0.05, 0) is 46.0 Å². The third-order valence-electron chi connectivity index (χ3n) is 6.36. The number of likely N-dealkylation sites (tertiary alicyclic amines) is 1. The van der Waals surface area contributed by atoms with Crippen molar-refractivity contribution in [2.45, 2.75) is 38.9 Å². The number of nitrogens with one attached hydrogen (secondary N) is 3. The number of pyridine rings is 1. The molecule has 0 spiro atoms. The van der Waals surface area contributed by atoms with E-state index in [1.54, 1.807) is 29.0 Å². The van der Waals surface area contributed by atoms with E-state index < -0.39 is 5.91 Å². The largest absolute Gasteiger partial charge is 0.349 e. The molecule has 5 rings (SSSR count). The van der Waals surface area contributed by atoms with Crippen LogP contribution in [-0.4, -0.2) is 73.9 Å². The van der Waals surface area contributed by atoms with Crippen molar-refractivity contribution in [3.63, 3.8) is 0 Å². The summed E-state index contributed by atoms with van der Waals surface area (Å²) in [5, 5.41) is 9.44. The first-order chi connectivity index (χ1) is 16.2. The average Bonchev–Trinajstić information content (AvgIpc) is 3.36. The van der Waals surface area contributed by atoms with Crippen molar-refractivity contribution in [1.82, 2.24) is 34.6 Å². The van der Waals surface area contributed by atoms with Crippen molar-refractivity contribution in [2.24, 2.45) is 0 Å². The molecule has 0 saturated carbocycles. The van der Waals surface area contributed by atoms with Gasteiger partial charge >= 0.3 is 0 Å². The molecule has 3 amide bonds. The van der Waals surface area contributed by atoms with Gasteiger partial charge in [0.15, 0.2) is 5.82 Å². The van der Waals surface area contributed by atoms with E-state index >= 15 is 0 Å². The maximum Gasteiger partial charge on any atom is 0.287 e. The number of nitrogens with zero attached hydrogens (tertiary/aromatic N) is 5. The third-order valence-corrected chi connectivity index (χ3v) is 6.36. The number of likely N-dealkylation sites (N-methyl/N-ethyl adjacent to an activating group) is 1. The first kappa shape index (κ1) is 22.1. The van der Waals surface area contributed by atoms with E-state index in [0.29, 0.717) is 24.4 Å². The predicted octanol–water partition coefficient (Wildman–Crippen LogP) is 1.24. The summed E-state index contributed by atoms with van der Waals surface area (Å²) in [5.74, 6) is -0.340. The van der Waals surface area contributed by atoms with Crippen LogP contribution in [0.2, 0.25) is 0 Å². The van der Waals surface area contributed by atoms with Gasteiger partial charge in [-0.1, -0.05) is 0 Å². The van der Waals surface area contributed by atoms with E-state index in [2.05, 4.69) is 30.8 Å². The Morgan fingerprint density at radius 1 is 1.24 bits per heavy atom. The summed E-state index contributed by atoms with van der Waals surface area (Å²) >= 11 is 0. The molecule has 5 heterocycles. The van der Waals surface area contributed by atoms with E-state index in [1.165, 1.54) is 0 Å². The van der Waals surface area contributed by atoms with E-state index in [9.17, 15) is 14.4 Å². The van der Waals surface area contributed by atoms with Crippen molar-refractivity contribution in [1.29, 1.82) is 0 Å². The highest BCUT2D eigenvalue weighted by Crippen LogP contribution is 2.26. The Kier molecular flexibility index (Phi) is 5.16. The molecular weight excluding hydrogens is 436 g/mol. The van der Waals surface area contributed by atoms with Crippen LogP contribution in [0.15, 0.2) is 24.4 Å². The van der Waals surface area contributed by atoms with Crippen molar-refractivity contribution >= 4 is 34.6 Å². The molecule has 2 aliphatic heterocycles. The molecule has 2 aliphatic rings. The number of hydrogen-bond donors (Lipinski definition) is 3. The number of aromatic nitrogens is 4. The molecule has 0 aromatic carbocycles. The lowest BCUT2D eigenvalue weighted by molar-refractivity contribution is 0.0604. The summed E-state index contributed by atoms with van der Waals surface area (Å²) in [4.78, 5) is 49.1. The van der Waals surface area contributed by atoms with Crippen LogP contribution in [0.1, 0.15) is 58.4 Å². The number of fused-ring (bicyclic) bond motifs is 3. The Morgan fingerprint density at radius 2 is 2.00 bits per heavy atom. The molecule has 3 aromatic heterocycles. The topological polar surface area (TPSA) is 126 Å². The molecule has 3 aromatic rings. The molecule has 0 bridgehead atoms. The molecule has 11 heteroatoms. The van der Waals surface area contributed by atoms with Crippen LogP contribution >= 0.6 is 0 Å². The molecule has 34 heavy (non-hydrogen) atoms. The monoisotopic (exact) mass is 464 g/mol. The minimum absolute atomic E-state index is 0.0228. The van der Waals surface area contributed by atoms with Gasteiger partial charge in [0.2, 0.25) is 5.82 Å². The van der Waals surface area contributed by atoms with E-state index in [1.807, 2.05) is 32.4 Å². The quantitative estimate of drug-likeness (QED) is 0.522. The minimum atomic E-state index is -0.439. The lowest BCUT2D eigenvalue weighted by Gasteiger charge is -2.46. The predicted molar refractivity (Wildman–Crippen MR) is 126 cm³/mol. The van der Waals surface area contributed by atoms with Gasteiger partial charge in [0.05, 0.1) is 11.6 Å². The fraction of sp³-hybridized carbons (Fsp3) is 0.435. The SMILES string of the molecule is CCn1cc(NC(=O)c2ccc3cc4n(c3n2)[C@H](C)CNC4=O)nc1C(=O)NC1(C)CN(C)C1. The molecule has 1 atom stereocenters. The molecular formula is C23H28N8O3. The third kappa shape index (κ3) is 3.71. The van der Waals surface area contributed by atoms with E-state index in [0.717, 1.165) is 18.5 Å². The van der Waals surface area contributed by atoms with Gasteiger partial charge < -0.3 is 30.0 Å². The summed E-state index contributed by atoms with van der Waals surface area (Å²) in [6.07, 6.45) is 1.64. The summed E-state index contributed by atoms with van der Waals surface area (Å²) in [5.41, 5.74) is 1.03. The van der Waals surface area contributed by atoms with E-state index in [4.69, 9.17) is 0 Å². The van der Waals surface area contributed by atoms with E-state index in [-0.39, 0.29) is 40.7 Å². The molecule has 1 saturated heterocycles. The number of hydrogen-bond acceptors (Lipinski definition) is 6. The number of amides is 3. The minimum Gasteiger partial charge on any atom is -0.349 e. The van der Waals surface area contributed by atoms with Crippen LogP contribution in [0, 0.1) is 0 Å². The first-order valence-electron chi connectivity index (χ1n) is 11.4. The van der Waals surface area contributed by atoms with Gasteiger partial charge in [0.25, 0.3) is 17.7 Å². The second kappa shape index (κ2) is 7.94. The zero-order valence-electron chi connectivity index (χ0n) is 19.7. The molecule has 1 fully saturated rings. The van der Waals surface area contributed by atoms with Crippen LogP contribution in [0.25, 0.3) is 11.0 Å². The summed E-state index contributed by atoms with van der Waals surface area (Å²) in [6, 6.07) is 5.20. The van der Waals surface area contributed by atoms with Gasteiger partial charge in [-0.15, -0.1) is 0 Å². The number of carbonyl (C=O) groups excluding carboxylic acids is 3. The van der Waals surface area contributed by atoms with Crippen molar-refractivity contribution in [3.05, 3.63) is 41.6 Å². The fourth-order valence-corrected chi connectivity index (χ4v) is 4.90. The highest BCUT2D eigenvalue weighted by molar-refractivity contribution is 6.05. The van der Waals surface area contributed by atoms with Gasteiger partial charge in [0.1, 0.15) is 17.0 Å². The summed E-state index contributed by atoms with van der Waals surface area (Å²) < 4.78 is 3.56. The van der Waals surface area contributed by atoms with Crippen molar-refractivity contribution in [3.8, 4) is 0 Å². The smallest absolute Gasteiger partial charge is 0.287 e. The molecule has 0 aliphatic carbocycles.